The van der Waals surface area contributed by atoms with Gasteiger partial charge in [-0.3, -0.25) is 4.79 Å². The van der Waals surface area contributed by atoms with Gasteiger partial charge in [0.15, 0.2) is 5.78 Å². The molecule has 1 aromatic rings. The van der Waals surface area contributed by atoms with Crippen LogP contribution in [0, 0.1) is 30.1 Å². The molecular formula is C14H17NO. The summed E-state index contributed by atoms with van der Waals surface area (Å²) in [7, 11) is 0. The van der Waals surface area contributed by atoms with Crippen LogP contribution in [0.1, 0.15) is 36.2 Å². The highest BCUT2D eigenvalue weighted by Gasteiger charge is 2.20. The number of hydrogen-bond acceptors (Lipinski definition) is 2. The van der Waals surface area contributed by atoms with Crippen molar-refractivity contribution in [3.63, 3.8) is 0 Å². The van der Waals surface area contributed by atoms with Crippen LogP contribution < -0.4 is 0 Å². The Morgan fingerprint density at radius 1 is 1.44 bits per heavy atom. The van der Waals surface area contributed by atoms with E-state index in [1.807, 2.05) is 39.0 Å². The molecule has 1 unspecified atom stereocenters. The van der Waals surface area contributed by atoms with Crippen LogP contribution in [-0.4, -0.2) is 5.78 Å². The fraction of sp³-hybridized carbons (Fsp3) is 0.429. The summed E-state index contributed by atoms with van der Waals surface area (Å²) in [5.41, 5.74) is 1.69. The smallest absolute Gasteiger partial charge is 0.179 e. The van der Waals surface area contributed by atoms with Crippen molar-refractivity contribution >= 4 is 5.78 Å². The summed E-state index contributed by atoms with van der Waals surface area (Å²) >= 11 is 0. The number of aryl methyl sites for hydroxylation is 1. The summed E-state index contributed by atoms with van der Waals surface area (Å²) in [4.78, 5) is 12.0. The molecule has 0 fully saturated rings. The van der Waals surface area contributed by atoms with Crippen LogP contribution in [0.4, 0.5) is 0 Å². The number of rotatable bonds is 4. The largest absolute Gasteiger partial charge is 0.293 e. The fourth-order valence-corrected chi connectivity index (χ4v) is 1.69. The molecule has 0 amide bonds. The van der Waals surface area contributed by atoms with Crippen LogP contribution in [0.3, 0.4) is 0 Å². The summed E-state index contributed by atoms with van der Waals surface area (Å²) in [6, 6.07) is 9.52. The van der Waals surface area contributed by atoms with Crippen LogP contribution in [0.5, 0.6) is 0 Å². The van der Waals surface area contributed by atoms with Gasteiger partial charge in [-0.1, -0.05) is 37.6 Å². The van der Waals surface area contributed by atoms with E-state index in [1.165, 1.54) is 0 Å². The maximum atomic E-state index is 12.0. The number of ketones is 1. The Kier molecular flexibility index (Phi) is 4.25. The monoisotopic (exact) mass is 215 g/mol. The molecular weight excluding hydrogens is 198 g/mol. The third kappa shape index (κ3) is 3.20. The van der Waals surface area contributed by atoms with Crippen LogP contribution in [0.25, 0.3) is 0 Å². The second-order valence-corrected chi connectivity index (χ2v) is 4.54. The summed E-state index contributed by atoms with van der Waals surface area (Å²) in [6.45, 7) is 5.99. The van der Waals surface area contributed by atoms with E-state index in [0.717, 1.165) is 5.56 Å². The van der Waals surface area contributed by atoms with Crippen molar-refractivity contribution in [3.05, 3.63) is 35.4 Å². The SMILES string of the molecule is Cc1cccc(C(=O)C(C#N)CC(C)C)c1. The van der Waals surface area contributed by atoms with E-state index in [1.54, 1.807) is 6.07 Å². The molecule has 0 saturated heterocycles. The average Bonchev–Trinajstić information content (AvgIpc) is 2.24. The molecule has 84 valence electrons. The number of carbonyl (C=O) groups excluding carboxylic acids is 1. The molecule has 0 N–H and O–H groups in total. The Morgan fingerprint density at radius 3 is 2.62 bits per heavy atom. The topological polar surface area (TPSA) is 40.9 Å². The Hall–Kier alpha value is -1.62. The maximum absolute atomic E-state index is 12.0. The van der Waals surface area contributed by atoms with Crippen molar-refractivity contribution < 1.29 is 4.79 Å². The van der Waals surface area contributed by atoms with Crippen molar-refractivity contribution in [2.24, 2.45) is 11.8 Å². The zero-order chi connectivity index (χ0) is 12.1. The van der Waals surface area contributed by atoms with E-state index in [0.29, 0.717) is 17.9 Å². The van der Waals surface area contributed by atoms with Crippen LogP contribution >= 0.6 is 0 Å². The van der Waals surface area contributed by atoms with Gasteiger partial charge >= 0.3 is 0 Å². The molecule has 0 bridgehead atoms. The molecule has 0 aromatic heterocycles. The summed E-state index contributed by atoms with van der Waals surface area (Å²) in [6.07, 6.45) is 0.628. The van der Waals surface area contributed by atoms with E-state index < -0.39 is 5.92 Å². The Labute approximate surface area is 96.9 Å². The van der Waals surface area contributed by atoms with Gasteiger partial charge in [-0.25, -0.2) is 0 Å². The second-order valence-electron chi connectivity index (χ2n) is 4.54. The predicted octanol–water partition coefficient (Wildman–Crippen LogP) is 3.36. The molecule has 0 aliphatic rings. The van der Waals surface area contributed by atoms with E-state index in [-0.39, 0.29) is 5.78 Å². The average molecular weight is 215 g/mol. The van der Waals surface area contributed by atoms with E-state index >= 15 is 0 Å². The third-order valence-electron chi connectivity index (χ3n) is 2.48. The van der Waals surface area contributed by atoms with Gasteiger partial charge in [0.05, 0.1) is 6.07 Å². The van der Waals surface area contributed by atoms with Gasteiger partial charge in [-0.05, 0) is 25.3 Å². The zero-order valence-corrected chi connectivity index (χ0v) is 10.0. The lowest BCUT2D eigenvalue weighted by Gasteiger charge is -2.10. The van der Waals surface area contributed by atoms with Crippen LogP contribution in [0.2, 0.25) is 0 Å². The lowest BCUT2D eigenvalue weighted by molar-refractivity contribution is 0.0937. The molecule has 0 aliphatic carbocycles. The Balaban J connectivity index is 2.88. The Bertz CT molecular complexity index is 415. The molecule has 0 radical (unpaired) electrons. The maximum Gasteiger partial charge on any atom is 0.179 e. The molecule has 1 atom stereocenters. The predicted molar refractivity (Wildman–Crippen MR) is 64.1 cm³/mol. The third-order valence-corrected chi connectivity index (χ3v) is 2.48. The van der Waals surface area contributed by atoms with E-state index in [4.69, 9.17) is 5.26 Å². The van der Waals surface area contributed by atoms with Gasteiger partial charge in [0.1, 0.15) is 5.92 Å². The number of nitriles is 1. The number of benzene rings is 1. The summed E-state index contributed by atoms with van der Waals surface area (Å²) < 4.78 is 0. The standard InChI is InChI=1S/C14H17NO/c1-10(2)7-13(9-15)14(16)12-6-4-5-11(3)8-12/h4-6,8,10,13H,7H2,1-3H3. The molecule has 2 heteroatoms. The van der Waals surface area contributed by atoms with Crippen molar-refractivity contribution in [3.8, 4) is 6.07 Å². The van der Waals surface area contributed by atoms with Crippen molar-refractivity contribution in [2.75, 3.05) is 0 Å². The lowest BCUT2D eigenvalue weighted by atomic mass is 9.90. The van der Waals surface area contributed by atoms with E-state index in [9.17, 15) is 4.79 Å². The highest BCUT2D eigenvalue weighted by molar-refractivity contribution is 5.99. The molecule has 1 aromatic carbocycles. The molecule has 0 aliphatic heterocycles. The van der Waals surface area contributed by atoms with Gasteiger partial charge in [0.25, 0.3) is 0 Å². The van der Waals surface area contributed by atoms with Gasteiger partial charge in [0, 0.05) is 5.56 Å². The normalized spacial score (nSPS) is 12.2. The van der Waals surface area contributed by atoms with Crippen molar-refractivity contribution in [1.29, 1.82) is 5.26 Å². The number of hydrogen-bond donors (Lipinski definition) is 0. The van der Waals surface area contributed by atoms with Gasteiger partial charge in [-0.2, -0.15) is 5.26 Å². The van der Waals surface area contributed by atoms with Crippen molar-refractivity contribution in [1.82, 2.24) is 0 Å². The first-order valence-corrected chi connectivity index (χ1v) is 5.55. The quantitative estimate of drug-likeness (QED) is 0.722. The number of nitrogens with zero attached hydrogens (tertiary/aromatic N) is 1. The summed E-state index contributed by atoms with van der Waals surface area (Å²) in [5.74, 6) is -0.208. The van der Waals surface area contributed by atoms with Gasteiger partial charge in [0.2, 0.25) is 0 Å². The highest BCUT2D eigenvalue weighted by atomic mass is 16.1. The fourth-order valence-electron chi connectivity index (χ4n) is 1.69. The van der Waals surface area contributed by atoms with Gasteiger partial charge in [-0.15, -0.1) is 0 Å². The number of carbonyl (C=O) groups is 1. The molecule has 0 saturated carbocycles. The molecule has 16 heavy (non-hydrogen) atoms. The highest BCUT2D eigenvalue weighted by Crippen LogP contribution is 2.17. The molecule has 1 rings (SSSR count). The molecule has 2 nitrogen and oxygen atoms in total. The minimum atomic E-state index is -0.512. The lowest BCUT2D eigenvalue weighted by Crippen LogP contribution is -2.15. The Morgan fingerprint density at radius 2 is 2.12 bits per heavy atom. The minimum Gasteiger partial charge on any atom is -0.293 e. The minimum absolute atomic E-state index is 0.0556. The first-order chi connectivity index (χ1) is 7.54. The first-order valence-electron chi connectivity index (χ1n) is 5.55. The van der Waals surface area contributed by atoms with Gasteiger partial charge < -0.3 is 0 Å². The van der Waals surface area contributed by atoms with Crippen LogP contribution in [0.15, 0.2) is 24.3 Å². The molecule has 0 heterocycles. The summed E-state index contributed by atoms with van der Waals surface area (Å²) in [5, 5.41) is 9.01. The van der Waals surface area contributed by atoms with E-state index in [2.05, 4.69) is 6.07 Å². The first kappa shape index (κ1) is 12.4. The van der Waals surface area contributed by atoms with Crippen molar-refractivity contribution in [2.45, 2.75) is 27.2 Å². The number of Topliss-reactive ketones (excluding diaryl/α,β-unsaturated/α-hetero) is 1. The second kappa shape index (κ2) is 5.46. The zero-order valence-electron chi connectivity index (χ0n) is 10.0. The molecule has 0 spiro atoms. The van der Waals surface area contributed by atoms with Crippen LogP contribution in [-0.2, 0) is 0 Å².